The van der Waals surface area contributed by atoms with Gasteiger partial charge < -0.3 is 15.1 Å². The van der Waals surface area contributed by atoms with Crippen LogP contribution in [0, 0.1) is 0 Å². The minimum Gasteiger partial charge on any atom is -0.363 e. The summed E-state index contributed by atoms with van der Waals surface area (Å²) in [6.45, 7) is 0.145. The first kappa shape index (κ1) is 18.4. The Morgan fingerprint density at radius 1 is 1.42 bits per heavy atom. The summed E-state index contributed by atoms with van der Waals surface area (Å²) in [6.07, 6.45) is 2.28. The lowest BCUT2D eigenvalue weighted by atomic mass is 10.0. The van der Waals surface area contributed by atoms with Gasteiger partial charge in [-0.25, -0.2) is 9.78 Å². The van der Waals surface area contributed by atoms with Crippen molar-refractivity contribution in [3.05, 3.63) is 18.3 Å². The smallest absolute Gasteiger partial charge is 0.363 e. The number of hydroxylamine groups is 2. The Kier molecular flexibility index (Phi) is 4.73. The van der Waals surface area contributed by atoms with Crippen LogP contribution in [-0.2, 0) is 19.5 Å². The molecule has 142 valence electrons. The van der Waals surface area contributed by atoms with Gasteiger partial charge in [0, 0.05) is 38.6 Å². The van der Waals surface area contributed by atoms with E-state index >= 15 is 0 Å². The molecule has 2 saturated heterocycles. The van der Waals surface area contributed by atoms with Gasteiger partial charge in [0.1, 0.15) is 11.9 Å². The van der Waals surface area contributed by atoms with E-state index in [1.807, 2.05) is 14.1 Å². The number of rotatable bonds is 5. The second-order valence-corrected chi connectivity index (χ2v) is 7.30. The predicted molar refractivity (Wildman–Crippen MR) is 90.6 cm³/mol. The van der Waals surface area contributed by atoms with E-state index in [4.69, 9.17) is 4.55 Å². The van der Waals surface area contributed by atoms with Crippen molar-refractivity contribution in [2.45, 2.75) is 24.9 Å². The third-order valence-electron chi connectivity index (χ3n) is 4.27. The van der Waals surface area contributed by atoms with Gasteiger partial charge >= 0.3 is 16.4 Å². The van der Waals surface area contributed by atoms with E-state index in [0.29, 0.717) is 29.4 Å². The molecule has 2 fully saturated rings. The summed E-state index contributed by atoms with van der Waals surface area (Å²) in [4.78, 5) is 32.1. The number of fused-ring (bicyclic) bond motifs is 2. The molecule has 1 aromatic heterocycles. The molecule has 0 radical (unpaired) electrons. The van der Waals surface area contributed by atoms with E-state index in [1.54, 1.807) is 23.2 Å². The zero-order valence-electron chi connectivity index (χ0n) is 14.2. The molecule has 2 bridgehead atoms. The largest absolute Gasteiger partial charge is 0.418 e. The predicted octanol–water partition coefficient (Wildman–Crippen LogP) is 0.0891. The zero-order valence-corrected chi connectivity index (χ0v) is 15.0. The molecule has 3 rings (SSSR count). The van der Waals surface area contributed by atoms with Gasteiger partial charge in [0.2, 0.25) is 5.91 Å². The Balaban J connectivity index is 1.72. The highest BCUT2D eigenvalue weighted by atomic mass is 32.3. The van der Waals surface area contributed by atoms with Crippen molar-refractivity contribution in [3.63, 3.8) is 0 Å². The van der Waals surface area contributed by atoms with Crippen LogP contribution in [0.1, 0.15) is 12.8 Å². The van der Waals surface area contributed by atoms with Crippen molar-refractivity contribution >= 4 is 33.8 Å². The molecule has 0 aliphatic carbocycles. The quantitative estimate of drug-likeness (QED) is 0.682. The number of carbonyl (C=O) groups excluding carboxylic acids is 2. The second-order valence-electron chi connectivity index (χ2n) is 6.30. The molecule has 0 saturated carbocycles. The number of nitrogens with one attached hydrogen (secondary N) is 1. The van der Waals surface area contributed by atoms with Gasteiger partial charge in [-0.15, -0.1) is 4.28 Å². The van der Waals surface area contributed by atoms with Crippen LogP contribution in [0.15, 0.2) is 18.3 Å². The summed E-state index contributed by atoms with van der Waals surface area (Å²) in [6, 6.07) is 1.27. The van der Waals surface area contributed by atoms with E-state index in [1.165, 1.54) is 4.90 Å². The number of carbonyl (C=O) groups is 2. The molecule has 0 aromatic carbocycles. The van der Waals surface area contributed by atoms with Crippen LogP contribution in [0.2, 0.25) is 0 Å². The summed E-state index contributed by atoms with van der Waals surface area (Å²) in [5, 5.41) is 3.36. The van der Waals surface area contributed by atoms with E-state index in [9.17, 15) is 18.0 Å². The third-order valence-corrected chi connectivity index (χ3v) is 4.62. The molecule has 2 N–H and O–H groups in total. The highest BCUT2D eigenvalue weighted by molar-refractivity contribution is 7.80. The van der Waals surface area contributed by atoms with Gasteiger partial charge in [-0.3, -0.25) is 9.35 Å². The highest BCUT2D eigenvalue weighted by Gasteiger charge is 2.49. The number of nitrogens with zero attached hydrogens (tertiary/aromatic N) is 4. The average molecular weight is 385 g/mol. The van der Waals surface area contributed by atoms with Gasteiger partial charge in [0.25, 0.3) is 0 Å². The molecule has 2 atom stereocenters. The number of aromatic nitrogens is 1. The van der Waals surface area contributed by atoms with Crippen molar-refractivity contribution in [1.82, 2.24) is 14.9 Å². The van der Waals surface area contributed by atoms with Crippen LogP contribution < -0.4 is 10.2 Å². The number of piperidine rings is 1. The normalized spacial score (nSPS) is 22.5. The first-order valence-corrected chi connectivity index (χ1v) is 9.23. The summed E-state index contributed by atoms with van der Waals surface area (Å²) in [5.74, 6) is 0.276. The van der Waals surface area contributed by atoms with Crippen LogP contribution in [-0.4, -0.2) is 72.6 Å². The Morgan fingerprint density at radius 2 is 2.15 bits per heavy atom. The first-order valence-electron chi connectivity index (χ1n) is 7.87. The number of amides is 3. The first-order chi connectivity index (χ1) is 12.2. The summed E-state index contributed by atoms with van der Waals surface area (Å²) >= 11 is 0. The number of anilines is 2. The molecule has 26 heavy (non-hydrogen) atoms. The lowest BCUT2D eigenvalue weighted by molar-refractivity contribution is -0.120. The molecule has 11 nitrogen and oxygen atoms in total. The van der Waals surface area contributed by atoms with Gasteiger partial charge in [-0.2, -0.15) is 13.5 Å². The molecule has 2 aliphatic heterocycles. The fraction of sp³-hybridized carbons (Fsp3) is 0.500. The molecule has 2 aliphatic rings. The zero-order chi connectivity index (χ0) is 19.1. The molecule has 1 aromatic rings. The lowest BCUT2D eigenvalue weighted by Crippen LogP contribution is -2.47. The van der Waals surface area contributed by atoms with Crippen LogP contribution in [0.3, 0.4) is 0 Å². The monoisotopic (exact) mass is 385 g/mol. The van der Waals surface area contributed by atoms with Crippen LogP contribution in [0.25, 0.3) is 0 Å². The average Bonchev–Trinajstić information content (AvgIpc) is 2.78. The van der Waals surface area contributed by atoms with E-state index in [2.05, 4.69) is 14.6 Å². The number of pyridine rings is 1. The second kappa shape index (κ2) is 6.70. The summed E-state index contributed by atoms with van der Waals surface area (Å²) in [5.41, 5.74) is 0.536. The van der Waals surface area contributed by atoms with E-state index in [-0.39, 0.29) is 12.5 Å². The molecule has 1 unspecified atom stereocenters. The third kappa shape index (κ3) is 3.71. The fourth-order valence-corrected chi connectivity index (χ4v) is 3.46. The highest BCUT2D eigenvalue weighted by Crippen LogP contribution is 2.31. The van der Waals surface area contributed by atoms with Crippen LogP contribution >= 0.6 is 0 Å². The SMILES string of the molecule is CN(C)c1cc(NC(=O)[C@@H]2CCC3CN2C(=O)N3OS(=O)(=O)O)ccn1. The van der Waals surface area contributed by atoms with E-state index in [0.717, 1.165) is 0 Å². The maximum absolute atomic E-state index is 12.6. The molecule has 12 heteroatoms. The van der Waals surface area contributed by atoms with Gasteiger partial charge in [-0.05, 0) is 18.9 Å². The van der Waals surface area contributed by atoms with Gasteiger partial charge in [0.05, 0.1) is 6.04 Å². The van der Waals surface area contributed by atoms with Crippen LogP contribution in [0.5, 0.6) is 0 Å². The lowest BCUT2D eigenvalue weighted by Gasteiger charge is -2.29. The molecular formula is C14H19N5O6S. The molecule has 0 spiro atoms. The minimum absolute atomic E-state index is 0.145. The standard InChI is InChI=1S/C14H19N5O6S/c1-17(2)12-7-9(5-6-15-12)16-13(20)11-4-3-10-8-18(11)14(21)19(10)25-26(22,23)24/h5-7,10-11H,3-4,8H2,1-2H3,(H,15,16,20)(H,22,23,24)/t10?,11-/m0/s1. The van der Waals surface area contributed by atoms with Crippen molar-refractivity contribution in [1.29, 1.82) is 0 Å². The minimum atomic E-state index is -4.81. The molecular weight excluding hydrogens is 366 g/mol. The summed E-state index contributed by atoms with van der Waals surface area (Å²) in [7, 11) is -1.17. The summed E-state index contributed by atoms with van der Waals surface area (Å²) < 4.78 is 34.9. The topological polar surface area (TPSA) is 132 Å². The van der Waals surface area contributed by atoms with Gasteiger partial charge in [0.15, 0.2) is 0 Å². The molecule has 3 heterocycles. The Bertz CT molecular complexity index is 829. The van der Waals surface area contributed by atoms with Crippen LogP contribution in [0.4, 0.5) is 16.3 Å². The Morgan fingerprint density at radius 3 is 2.81 bits per heavy atom. The maximum atomic E-state index is 12.6. The van der Waals surface area contributed by atoms with Gasteiger partial charge in [-0.1, -0.05) is 0 Å². The number of urea groups is 1. The number of hydrogen-bond donors (Lipinski definition) is 2. The Hall–Kier alpha value is -2.44. The Labute approximate surface area is 150 Å². The molecule has 3 amide bonds. The van der Waals surface area contributed by atoms with Crippen molar-refractivity contribution in [2.75, 3.05) is 30.9 Å². The fourth-order valence-electron chi connectivity index (χ4n) is 3.07. The van der Waals surface area contributed by atoms with Crippen molar-refractivity contribution in [2.24, 2.45) is 0 Å². The van der Waals surface area contributed by atoms with Crippen molar-refractivity contribution in [3.8, 4) is 0 Å². The maximum Gasteiger partial charge on any atom is 0.418 e. The van der Waals surface area contributed by atoms with Crippen molar-refractivity contribution < 1.29 is 26.8 Å². The van der Waals surface area contributed by atoms with E-state index < -0.39 is 28.5 Å². The number of hydrogen-bond acceptors (Lipinski definition) is 7.